The van der Waals surface area contributed by atoms with E-state index in [9.17, 15) is 9.18 Å². The van der Waals surface area contributed by atoms with Crippen LogP contribution in [-0.2, 0) is 16.1 Å². The highest BCUT2D eigenvalue weighted by atomic mass is 19.1. The zero-order valence-corrected chi connectivity index (χ0v) is 10.6. The third-order valence-corrected chi connectivity index (χ3v) is 3.25. The van der Waals surface area contributed by atoms with Crippen LogP contribution in [-0.4, -0.2) is 30.9 Å². The Kier molecular flexibility index (Phi) is 4.87. The Labute approximate surface area is 111 Å². The number of carboxylic acid groups (broad SMARTS) is 1. The van der Waals surface area contributed by atoms with Crippen LogP contribution in [0.4, 0.5) is 4.39 Å². The van der Waals surface area contributed by atoms with Gasteiger partial charge in [0.15, 0.2) is 0 Å². The summed E-state index contributed by atoms with van der Waals surface area (Å²) in [4.78, 5) is 11.0. The zero-order chi connectivity index (χ0) is 13.7. The highest BCUT2D eigenvalue weighted by Crippen LogP contribution is 2.17. The fraction of sp³-hybridized carbons (Fsp3) is 0.500. The van der Waals surface area contributed by atoms with E-state index in [4.69, 9.17) is 14.6 Å². The molecule has 1 aromatic rings. The molecule has 0 unspecified atom stereocenters. The summed E-state index contributed by atoms with van der Waals surface area (Å²) in [5, 5.41) is 9.01. The molecule has 104 valence electrons. The third kappa shape index (κ3) is 4.01. The summed E-state index contributed by atoms with van der Waals surface area (Å²) >= 11 is 0. The van der Waals surface area contributed by atoms with Gasteiger partial charge in [-0.25, -0.2) is 9.18 Å². The lowest BCUT2D eigenvalue weighted by Crippen LogP contribution is -2.20. The average Bonchev–Trinajstić information content (AvgIpc) is 2.39. The fourth-order valence-corrected chi connectivity index (χ4v) is 2.14. The number of aromatic carboxylic acids is 1. The molecule has 0 aliphatic carbocycles. The van der Waals surface area contributed by atoms with Crippen molar-refractivity contribution >= 4 is 5.97 Å². The molecule has 1 aliphatic heterocycles. The van der Waals surface area contributed by atoms with E-state index in [0.29, 0.717) is 18.1 Å². The molecule has 4 nitrogen and oxygen atoms in total. The SMILES string of the molecule is O=C(O)c1ccc(F)cc1COCC1CCOCC1. The molecular weight excluding hydrogens is 251 g/mol. The lowest BCUT2D eigenvalue weighted by molar-refractivity contribution is 0.0154. The number of halogens is 1. The number of carbonyl (C=O) groups is 1. The second-order valence-electron chi connectivity index (χ2n) is 4.68. The number of ether oxygens (including phenoxy) is 2. The van der Waals surface area contributed by atoms with E-state index in [1.165, 1.54) is 12.1 Å². The minimum Gasteiger partial charge on any atom is -0.478 e. The van der Waals surface area contributed by atoms with Crippen molar-refractivity contribution in [2.24, 2.45) is 5.92 Å². The Bertz CT molecular complexity index is 441. The van der Waals surface area contributed by atoms with E-state index < -0.39 is 11.8 Å². The summed E-state index contributed by atoms with van der Waals surface area (Å²) in [5.74, 6) is -1.07. The van der Waals surface area contributed by atoms with Gasteiger partial charge in [-0.15, -0.1) is 0 Å². The minimum atomic E-state index is -1.07. The normalized spacial score (nSPS) is 16.5. The molecule has 5 heteroatoms. The van der Waals surface area contributed by atoms with Gasteiger partial charge < -0.3 is 14.6 Å². The topological polar surface area (TPSA) is 55.8 Å². The second kappa shape index (κ2) is 6.63. The monoisotopic (exact) mass is 268 g/mol. The number of hydrogen-bond acceptors (Lipinski definition) is 3. The van der Waals surface area contributed by atoms with Gasteiger partial charge in [0.1, 0.15) is 5.82 Å². The second-order valence-corrected chi connectivity index (χ2v) is 4.68. The molecule has 0 bridgehead atoms. The summed E-state index contributed by atoms with van der Waals surface area (Å²) in [5.41, 5.74) is 0.466. The number of rotatable bonds is 5. The van der Waals surface area contributed by atoms with Crippen molar-refractivity contribution in [3.63, 3.8) is 0 Å². The molecule has 0 amide bonds. The first-order chi connectivity index (χ1) is 9.16. The molecule has 1 N–H and O–H groups in total. The third-order valence-electron chi connectivity index (χ3n) is 3.25. The summed E-state index contributed by atoms with van der Waals surface area (Å²) < 4.78 is 23.9. The zero-order valence-electron chi connectivity index (χ0n) is 10.6. The molecule has 2 rings (SSSR count). The van der Waals surface area contributed by atoms with Gasteiger partial charge in [0.05, 0.1) is 18.8 Å². The Morgan fingerprint density at radius 1 is 1.42 bits per heavy atom. The molecule has 1 heterocycles. The predicted octanol–water partition coefficient (Wildman–Crippen LogP) is 2.47. The molecule has 1 aliphatic rings. The largest absolute Gasteiger partial charge is 0.478 e. The van der Waals surface area contributed by atoms with Crippen LogP contribution in [0, 0.1) is 11.7 Å². The van der Waals surface area contributed by atoms with Gasteiger partial charge in [-0.3, -0.25) is 0 Å². The standard InChI is InChI=1S/C14H17FO4/c15-12-1-2-13(14(16)17)11(7-12)9-19-8-10-3-5-18-6-4-10/h1-2,7,10H,3-6,8-9H2,(H,16,17). The first-order valence-corrected chi connectivity index (χ1v) is 6.34. The van der Waals surface area contributed by atoms with Gasteiger partial charge in [-0.2, -0.15) is 0 Å². The van der Waals surface area contributed by atoms with Gasteiger partial charge in [-0.1, -0.05) is 0 Å². The van der Waals surface area contributed by atoms with Crippen molar-refractivity contribution in [1.29, 1.82) is 0 Å². The molecular formula is C14H17FO4. The maximum absolute atomic E-state index is 13.1. The summed E-state index contributed by atoms with van der Waals surface area (Å²) in [6.45, 7) is 2.17. The Hall–Kier alpha value is -1.46. The maximum atomic E-state index is 13.1. The van der Waals surface area contributed by atoms with Crippen LogP contribution < -0.4 is 0 Å². The van der Waals surface area contributed by atoms with Crippen LogP contribution in [0.2, 0.25) is 0 Å². The van der Waals surface area contributed by atoms with Crippen LogP contribution in [0.25, 0.3) is 0 Å². The van der Waals surface area contributed by atoms with Gasteiger partial charge in [0.25, 0.3) is 0 Å². The Morgan fingerprint density at radius 2 is 2.16 bits per heavy atom. The van der Waals surface area contributed by atoms with Gasteiger partial charge in [0.2, 0.25) is 0 Å². The van der Waals surface area contributed by atoms with Crippen molar-refractivity contribution in [2.75, 3.05) is 19.8 Å². The quantitative estimate of drug-likeness (QED) is 0.891. The molecule has 19 heavy (non-hydrogen) atoms. The molecule has 0 spiro atoms. The van der Waals surface area contributed by atoms with Gasteiger partial charge >= 0.3 is 5.97 Å². The molecule has 0 atom stereocenters. The Balaban J connectivity index is 1.91. The number of hydrogen-bond donors (Lipinski definition) is 1. The van der Waals surface area contributed by atoms with Crippen LogP contribution in [0.3, 0.4) is 0 Å². The van der Waals surface area contributed by atoms with E-state index in [0.717, 1.165) is 32.1 Å². The van der Waals surface area contributed by atoms with E-state index in [1.54, 1.807) is 0 Å². The number of carboxylic acids is 1. The first-order valence-electron chi connectivity index (χ1n) is 6.34. The lowest BCUT2D eigenvalue weighted by Gasteiger charge is -2.21. The summed E-state index contributed by atoms with van der Waals surface area (Å²) in [7, 11) is 0. The van der Waals surface area contributed by atoms with Gasteiger partial charge in [0, 0.05) is 13.2 Å². The highest BCUT2D eigenvalue weighted by molar-refractivity contribution is 5.89. The molecule has 0 saturated carbocycles. The Morgan fingerprint density at radius 3 is 2.84 bits per heavy atom. The van der Waals surface area contributed by atoms with Crippen molar-refractivity contribution in [1.82, 2.24) is 0 Å². The van der Waals surface area contributed by atoms with Crippen molar-refractivity contribution in [3.05, 3.63) is 35.1 Å². The number of benzene rings is 1. The smallest absolute Gasteiger partial charge is 0.336 e. The van der Waals surface area contributed by atoms with Crippen LogP contribution >= 0.6 is 0 Å². The molecule has 0 radical (unpaired) electrons. The van der Waals surface area contributed by atoms with Crippen molar-refractivity contribution in [2.45, 2.75) is 19.4 Å². The average molecular weight is 268 g/mol. The van der Waals surface area contributed by atoms with E-state index in [2.05, 4.69) is 0 Å². The lowest BCUT2D eigenvalue weighted by atomic mass is 10.0. The molecule has 1 saturated heterocycles. The van der Waals surface area contributed by atoms with Crippen LogP contribution in [0.1, 0.15) is 28.8 Å². The van der Waals surface area contributed by atoms with E-state index >= 15 is 0 Å². The molecule has 0 aromatic heterocycles. The highest BCUT2D eigenvalue weighted by Gasteiger charge is 2.15. The van der Waals surface area contributed by atoms with E-state index in [1.807, 2.05) is 0 Å². The maximum Gasteiger partial charge on any atom is 0.336 e. The molecule has 1 fully saturated rings. The summed E-state index contributed by atoms with van der Waals surface area (Å²) in [6, 6.07) is 3.63. The predicted molar refractivity (Wildman–Crippen MR) is 66.6 cm³/mol. The van der Waals surface area contributed by atoms with E-state index in [-0.39, 0.29) is 12.2 Å². The van der Waals surface area contributed by atoms with Crippen LogP contribution in [0.15, 0.2) is 18.2 Å². The van der Waals surface area contributed by atoms with Crippen LogP contribution in [0.5, 0.6) is 0 Å². The first kappa shape index (κ1) is 14.0. The fourth-order valence-electron chi connectivity index (χ4n) is 2.14. The summed E-state index contributed by atoms with van der Waals surface area (Å²) in [6.07, 6.45) is 1.91. The van der Waals surface area contributed by atoms with Crippen molar-refractivity contribution in [3.8, 4) is 0 Å². The van der Waals surface area contributed by atoms with Crippen molar-refractivity contribution < 1.29 is 23.8 Å². The molecule has 1 aromatic carbocycles. The van der Waals surface area contributed by atoms with Gasteiger partial charge in [-0.05, 0) is 42.5 Å². The minimum absolute atomic E-state index is 0.0911.